The summed E-state index contributed by atoms with van der Waals surface area (Å²) in [6, 6.07) is 7.61. The van der Waals surface area contributed by atoms with E-state index in [1.807, 2.05) is 11.3 Å². The van der Waals surface area contributed by atoms with Crippen LogP contribution in [0.3, 0.4) is 0 Å². The van der Waals surface area contributed by atoms with Crippen LogP contribution in [0.2, 0.25) is 0 Å². The Morgan fingerprint density at radius 3 is 2.60 bits per heavy atom. The Kier molecular flexibility index (Phi) is 3.68. The molecule has 3 heterocycles. The van der Waals surface area contributed by atoms with Gasteiger partial charge in [-0.3, -0.25) is 0 Å². The molecule has 0 amide bonds. The van der Waals surface area contributed by atoms with Crippen molar-refractivity contribution < 1.29 is 4.74 Å². The van der Waals surface area contributed by atoms with Gasteiger partial charge in [0.1, 0.15) is 0 Å². The van der Waals surface area contributed by atoms with Crippen LogP contribution in [0.5, 0.6) is 6.01 Å². The van der Waals surface area contributed by atoms with Crippen LogP contribution in [0.25, 0.3) is 21.3 Å². The highest BCUT2D eigenvalue weighted by Gasteiger charge is 2.37. The van der Waals surface area contributed by atoms with Crippen LogP contribution in [-0.4, -0.2) is 46.1 Å². The first-order chi connectivity index (χ1) is 12.3. The fourth-order valence-electron chi connectivity index (χ4n) is 3.66. The number of fused-ring (bicyclic) bond motifs is 1. The van der Waals surface area contributed by atoms with Gasteiger partial charge in [-0.05, 0) is 50.0 Å². The zero-order chi connectivity index (χ0) is 16.8. The van der Waals surface area contributed by atoms with E-state index < -0.39 is 0 Å². The summed E-state index contributed by atoms with van der Waals surface area (Å²) in [5, 5.41) is 1.30. The van der Waals surface area contributed by atoms with E-state index in [9.17, 15) is 0 Å². The molecule has 5 rings (SSSR count). The Labute approximate surface area is 150 Å². The quantitative estimate of drug-likeness (QED) is 0.716. The van der Waals surface area contributed by atoms with Crippen molar-refractivity contribution in [1.29, 1.82) is 0 Å². The first-order valence-electron chi connectivity index (χ1n) is 8.81. The second kappa shape index (κ2) is 6.04. The molecule has 1 saturated heterocycles. The third-order valence-electron chi connectivity index (χ3n) is 5.42. The summed E-state index contributed by atoms with van der Waals surface area (Å²) in [5.41, 5.74) is 3.22. The molecule has 2 aliphatic rings. The van der Waals surface area contributed by atoms with Gasteiger partial charge < -0.3 is 9.64 Å². The Bertz CT molecular complexity index is 897. The lowest BCUT2D eigenvalue weighted by Gasteiger charge is -2.46. The Balaban J connectivity index is 1.37. The first-order valence-corrected chi connectivity index (χ1v) is 9.63. The molecule has 2 fully saturated rings. The second-order valence-electron chi connectivity index (χ2n) is 6.90. The molecule has 1 aliphatic carbocycles. The Morgan fingerprint density at radius 1 is 1.12 bits per heavy atom. The molecule has 0 unspecified atom stereocenters. The fourth-order valence-corrected chi connectivity index (χ4v) is 4.79. The number of hydrogen-bond donors (Lipinski definition) is 0. The lowest BCUT2D eigenvalue weighted by atomic mass is 9.78. The molecule has 128 valence electrons. The highest BCUT2D eigenvalue weighted by Crippen LogP contribution is 2.43. The number of nitrogens with zero attached hydrogens (tertiary/aromatic N) is 4. The summed E-state index contributed by atoms with van der Waals surface area (Å²) in [6.07, 6.45) is 7.54. The van der Waals surface area contributed by atoms with E-state index in [0.717, 1.165) is 22.7 Å². The normalized spacial score (nSPS) is 23.2. The topological polar surface area (TPSA) is 51.1 Å². The lowest BCUT2D eigenvalue weighted by Crippen LogP contribution is -2.50. The minimum absolute atomic E-state index is 0.395. The smallest absolute Gasteiger partial charge is 0.316 e. The lowest BCUT2D eigenvalue weighted by molar-refractivity contribution is 0.0541. The van der Waals surface area contributed by atoms with E-state index in [1.54, 1.807) is 19.5 Å². The summed E-state index contributed by atoms with van der Waals surface area (Å²) < 4.78 is 6.27. The van der Waals surface area contributed by atoms with Gasteiger partial charge in [-0.1, -0.05) is 6.07 Å². The van der Waals surface area contributed by atoms with Crippen LogP contribution in [0.4, 0.5) is 0 Å². The van der Waals surface area contributed by atoms with Gasteiger partial charge >= 0.3 is 6.01 Å². The molecule has 0 bridgehead atoms. The van der Waals surface area contributed by atoms with Gasteiger partial charge in [0.05, 0.1) is 22.3 Å². The molecular formula is C19H20N4OS. The van der Waals surface area contributed by atoms with Crippen molar-refractivity contribution in [2.24, 2.45) is 0 Å². The summed E-state index contributed by atoms with van der Waals surface area (Å²) in [6.45, 7) is 2.59. The summed E-state index contributed by atoms with van der Waals surface area (Å²) in [7, 11) is 1.58. The third kappa shape index (κ3) is 2.69. The summed E-state index contributed by atoms with van der Waals surface area (Å²) in [5.74, 6) is 0.649. The van der Waals surface area contributed by atoms with Crippen molar-refractivity contribution in [3.63, 3.8) is 0 Å². The number of likely N-dealkylation sites (tertiary alicyclic amines) is 1. The monoisotopic (exact) mass is 352 g/mol. The van der Waals surface area contributed by atoms with Crippen molar-refractivity contribution in [3.05, 3.63) is 35.6 Å². The zero-order valence-corrected chi connectivity index (χ0v) is 15.0. The van der Waals surface area contributed by atoms with Crippen LogP contribution < -0.4 is 4.74 Å². The number of methoxy groups -OCH3 is 1. The molecule has 1 saturated carbocycles. The largest absolute Gasteiger partial charge is 0.467 e. The molecule has 2 aromatic heterocycles. The van der Waals surface area contributed by atoms with Crippen LogP contribution in [0.1, 0.15) is 30.2 Å². The molecular weight excluding hydrogens is 332 g/mol. The minimum Gasteiger partial charge on any atom is -0.467 e. The van der Waals surface area contributed by atoms with Crippen LogP contribution in [0, 0.1) is 0 Å². The standard InChI is InChI=1S/C19H20N4OS/c1-24-19-20-10-14(11-21-19)12-3-4-16-17(9-12)25-18(22-16)13-7-15(8-13)23-5-2-6-23/h3-4,9-11,13,15H,2,5-8H2,1H3. The molecule has 0 radical (unpaired) electrons. The number of hydrogen-bond acceptors (Lipinski definition) is 6. The molecule has 3 aromatic rings. The van der Waals surface area contributed by atoms with E-state index >= 15 is 0 Å². The molecule has 1 aliphatic heterocycles. The SMILES string of the molecule is COc1ncc(-c2ccc3nc(C4CC(N5CCC5)C4)sc3c2)cn1. The number of rotatable bonds is 4. The number of benzene rings is 1. The number of aromatic nitrogens is 3. The summed E-state index contributed by atoms with van der Waals surface area (Å²) >= 11 is 1.84. The van der Waals surface area contributed by atoms with Crippen LogP contribution in [0.15, 0.2) is 30.6 Å². The molecule has 25 heavy (non-hydrogen) atoms. The predicted octanol–water partition coefficient (Wildman–Crippen LogP) is 3.71. The van der Waals surface area contributed by atoms with E-state index in [-0.39, 0.29) is 0 Å². The van der Waals surface area contributed by atoms with Gasteiger partial charge in [0.15, 0.2) is 0 Å². The maximum Gasteiger partial charge on any atom is 0.316 e. The van der Waals surface area contributed by atoms with Gasteiger partial charge in [0, 0.05) is 29.9 Å². The fraction of sp³-hybridized carbons (Fsp3) is 0.421. The molecule has 0 atom stereocenters. The molecule has 0 spiro atoms. The highest BCUT2D eigenvalue weighted by molar-refractivity contribution is 7.18. The van der Waals surface area contributed by atoms with Gasteiger partial charge in [-0.2, -0.15) is 0 Å². The van der Waals surface area contributed by atoms with Gasteiger partial charge in [-0.25, -0.2) is 15.0 Å². The van der Waals surface area contributed by atoms with E-state index in [0.29, 0.717) is 11.9 Å². The Morgan fingerprint density at radius 2 is 1.92 bits per heavy atom. The van der Waals surface area contributed by atoms with Crippen LogP contribution in [-0.2, 0) is 0 Å². The Hall–Kier alpha value is -2.05. The van der Waals surface area contributed by atoms with Crippen molar-refractivity contribution in [2.45, 2.75) is 31.2 Å². The van der Waals surface area contributed by atoms with Crippen molar-refractivity contribution in [2.75, 3.05) is 20.2 Å². The minimum atomic E-state index is 0.395. The highest BCUT2D eigenvalue weighted by atomic mass is 32.1. The maximum absolute atomic E-state index is 5.03. The molecule has 6 heteroatoms. The average Bonchev–Trinajstić information content (AvgIpc) is 2.98. The van der Waals surface area contributed by atoms with Gasteiger partial charge in [-0.15, -0.1) is 11.3 Å². The van der Waals surface area contributed by atoms with E-state index in [2.05, 4.69) is 33.1 Å². The van der Waals surface area contributed by atoms with Crippen molar-refractivity contribution in [3.8, 4) is 17.1 Å². The van der Waals surface area contributed by atoms with E-state index in [1.165, 1.54) is 42.1 Å². The van der Waals surface area contributed by atoms with Crippen molar-refractivity contribution >= 4 is 21.6 Å². The molecule has 0 N–H and O–H groups in total. The predicted molar refractivity (Wildman–Crippen MR) is 99.2 cm³/mol. The average molecular weight is 352 g/mol. The maximum atomic E-state index is 5.03. The van der Waals surface area contributed by atoms with Gasteiger partial charge in [0.2, 0.25) is 0 Å². The number of thiazole rings is 1. The second-order valence-corrected chi connectivity index (χ2v) is 7.97. The zero-order valence-electron chi connectivity index (χ0n) is 14.2. The third-order valence-corrected chi connectivity index (χ3v) is 6.60. The molecule has 5 nitrogen and oxygen atoms in total. The molecule has 1 aromatic carbocycles. The number of ether oxygens (including phenoxy) is 1. The van der Waals surface area contributed by atoms with Gasteiger partial charge in [0.25, 0.3) is 0 Å². The van der Waals surface area contributed by atoms with Crippen LogP contribution >= 0.6 is 11.3 Å². The van der Waals surface area contributed by atoms with E-state index in [4.69, 9.17) is 9.72 Å². The van der Waals surface area contributed by atoms with Crippen molar-refractivity contribution in [1.82, 2.24) is 19.9 Å². The summed E-state index contributed by atoms with van der Waals surface area (Å²) in [4.78, 5) is 15.9. The first kappa shape index (κ1) is 15.2.